The zero-order valence-corrected chi connectivity index (χ0v) is 23.7. The van der Waals surface area contributed by atoms with E-state index in [1.807, 2.05) is 0 Å². The Morgan fingerprint density at radius 3 is 1.58 bits per heavy atom. The van der Waals surface area contributed by atoms with E-state index < -0.39 is 58.6 Å². The summed E-state index contributed by atoms with van der Waals surface area (Å²) >= 11 is 0. The van der Waals surface area contributed by atoms with E-state index in [1.54, 1.807) is 13.8 Å². The second-order valence-corrected chi connectivity index (χ2v) is 11.0. The number of nitrogens with zero attached hydrogens (tertiary/aromatic N) is 8. The molecule has 0 unspecified atom stereocenters. The molecular weight excluding hydrogens is 600 g/mol. The first-order valence-corrected chi connectivity index (χ1v) is 14.8. The molecule has 2 aromatic rings. The van der Waals surface area contributed by atoms with Gasteiger partial charge in [-0.25, -0.2) is 19.2 Å². The van der Waals surface area contributed by atoms with Crippen LogP contribution in [-0.4, -0.2) is 111 Å². The molecule has 43 heavy (non-hydrogen) atoms. The maximum absolute atomic E-state index is 13.1. The Morgan fingerprint density at radius 2 is 1.19 bits per heavy atom. The van der Waals surface area contributed by atoms with E-state index in [-0.39, 0.29) is 49.7 Å². The number of hydroxylamine groups is 4. The van der Waals surface area contributed by atoms with Gasteiger partial charge < -0.3 is 28.3 Å². The number of carbonyl (C=O) groups is 4. The van der Waals surface area contributed by atoms with Gasteiger partial charge in [0.15, 0.2) is 0 Å². The summed E-state index contributed by atoms with van der Waals surface area (Å²) in [5, 5.41) is 8.53. The summed E-state index contributed by atoms with van der Waals surface area (Å²) in [6.07, 6.45) is 1.24. The lowest BCUT2D eigenvalue weighted by atomic mass is 10.0. The van der Waals surface area contributed by atoms with E-state index >= 15 is 0 Å². The molecule has 0 aromatic carbocycles. The number of aromatic nitrogens is 4. The van der Waals surface area contributed by atoms with Crippen molar-refractivity contribution in [1.82, 2.24) is 40.2 Å². The number of amides is 4. The molecule has 0 aliphatic carbocycles. The van der Waals surface area contributed by atoms with Crippen LogP contribution in [0.1, 0.15) is 84.6 Å². The van der Waals surface area contributed by atoms with Crippen molar-refractivity contribution in [1.29, 1.82) is 0 Å². The quantitative estimate of drug-likeness (QED) is 0.327. The zero-order chi connectivity index (χ0) is 30.5. The summed E-state index contributed by atoms with van der Waals surface area (Å²) < 4.78 is 56.0. The standard InChI is InChI=1S/C22H26N8O12S/c1-3-37-19(31)15-23-17(39-25-15)13-7-5-11-9-27(13)21(33)29(11)41-43(35,36)42-30-12-6-8-14(28(10-12)22(30)34)18-24-16(26-40-18)20(32)38-4-2/h11-14H,3-10H2,1-2H3/t11-,12-,13+,14+/m1/s1. The fraction of sp³-hybridized carbons (Fsp3) is 0.636. The van der Waals surface area contributed by atoms with E-state index in [0.29, 0.717) is 35.8 Å². The second kappa shape index (κ2) is 11.0. The molecule has 4 atom stereocenters. The number of urea groups is 2. The molecule has 0 saturated carbocycles. The Bertz CT molecular complexity index is 1440. The zero-order valence-electron chi connectivity index (χ0n) is 22.9. The summed E-state index contributed by atoms with van der Waals surface area (Å²) in [7, 11) is -4.95. The number of piperidine rings is 2. The monoisotopic (exact) mass is 626 g/mol. The highest BCUT2D eigenvalue weighted by atomic mass is 32.3. The number of rotatable bonds is 10. The number of hydrogen-bond donors (Lipinski definition) is 0. The van der Waals surface area contributed by atoms with Crippen LogP contribution in [0.5, 0.6) is 0 Å². The van der Waals surface area contributed by atoms with Crippen molar-refractivity contribution in [2.24, 2.45) is 0 Å². The molecule has 6 rings (SSSR count). The predicted octanol–water partition coefficient (Wildman–Crippen LogP) is 0.496. The number of esters is 2. The van der Waals surface area contributed by atoms with E-state index in [9.17, 15) is 27.6 Å². The molecule has 21 heteroatoms. The highest BCUT2D eigenvalue weighted by molar-refractivity contribution is 7.81. The first-order valence-electron chi connectivity index (χ1n) is 13.4. The van der Waals surface area contributed by atoms with Gasteiger partial charge in [-0.15, -0.1) is 8.57 Å². The molecule has 6 heterocycles. The Labute approximate surface area is 242 Å². The van der Waals surface area contributed by atoms with Gasteiger partial charge >= 0.3 is 34.4 Å². The van der Waals surface area contributed by atoms with Gasteiger partial charge in [-0.3, -0.25) is 0 Å². The number of fused-ring (bicyclic) bond motifs is 4. The normalized spacial score (nSPS) is 25.1. The average Bonchev–Trinajstić information content (AvgIpc) is 3.76. The molecule has 0 spiro atoms. The Hall–Kier alpha value is -4.37. The summed E-state index contributed by atoms with van der Waals surface area (Å²) in [4.78, 5) is 60.7. The van der Waals surface area contributed by atoms with Crippen molar-refractivity contribution in [3.63, 3.8) is 0 Å². The van der Waals surface area contributed by atoms with Gasteiger partial charge in [0.25, 0.3) is 11.6 Å². The van der Waals surface area contributed by atoms with Crippen LogP contribution in [0, 0.1) is 0 Å². The maximum atomic E-state index is 13.1. The maximum Gasteiger partial charge on any atom is 0.442 e. The lowest BCUT2D eigenvalue weighted by Gasteiger charge is -2.27. The first-order chi connectivity index (χ1) is 20.6. The topological polar surface area (TPSA) is 230 Å². The fourth-order valence-electron chi connectivity index (χ4n) is 5.48. The van der Waals surface area contributed by atoms with E-state index in [4.69, 9.17) is 27.1 Å². The fourth-order valence-corrected chi connectivity index (χ4v) is 6.27. The molecule has 4 amide bonds. The van der Waals surface area contributed by atoms with Gasteiger partial charge in [0.2, 0.25) is 11.8 Å². The second-order valence-electron chi connectivity index (χ2n) is 9.93. The van der Waals surface area contributed by atoms with E-state index in [1.165, 1.54) is 9.80 Å². The van der Waals surface area contributed by atoms with E-state index in [0.717, 1.165) is 0 Å². The van der Waals surface area contributed by atoms with Crippen LogP contribution in [0.25, 0.3) is 0 Å². The third kappa shape index (κ3) is 5.22. The molecule has 0 radical (unpaired) electrons. The van der Waals surface area contributed by atoms with Crippen molar-refractivity contribution >= 4 is 34.4 Å². The smallest absolute Gasteiger partial charge is 0.442 e. The molecule has 2 aromatic heterocycles. The van der Waals surface area contributed by atoms with Crippen molar-refractivity contribution in [3.8, 4) is 0 Å². The lowest BCUT2D eigenvalue weighted by molar-refractivity contribution is -0.0841. The van der Waals surface area contributed by atoms with E-state index in [2.05, 4.69) is 20.3 Å². The first kappa shape index (κ1) is 28.7. The van der Waals surface area contributed by atoms with Crippen LogP contribution in [0.4, 0.5) is 9.59 Å². The van der Waals surface area contributed by atoms with Crippen molar-refractivity contribution in [2.45, 2.75) is 63.7 Å². The van der Waals surface area contributed by atoms with Crippen molar-refractivity contribution < 1.29 is 54.7 Å². The number of hydrogen-bond acceptors (Lipinski definition) is 16. The minimum Gasteiger partial charge on any atom is -0.460 e. The van der Waals surface area contributed by atoms with Crippen LogP contribution in [0.2, 0.25) is 0 Å². The van der Waals surface area contributed by atoms with Crippen LogP contribution in [0.15, 0.2) is 9.05 Å². The van der Waals surface area contributed by atoms with Gasteiger partial charge in [-0.05, 0) is 49.8 Å². The van der Waals surface area contributed by atoms with Crippen LogP contribution >= 0.6 is 0 Å². The summed E-state index contributed by atoms with van der Waals surface area (Å²) in [6, 6.07) is -4.37. The minimum atomic E-state index is -4.95. The highest BCUT2D eigenvalue weighted by Gasteiger charge is 2.52. The molecule has 20 nitrogen and oxygen atoms in total. The van der Waals surface area contributed by atoms with Crippen LogP contribution in [-0.2, 0) is 28.4 Å². The van der Waals surface area contributed by atoms with Gasteiger partial charge in [0, 0.05) is 13.1 Å². The third-order valence-corrected chi connectivity index (χ3v) is 8.04. The van der Waals surface area contributed by atoms with Crippen molar-refractivity contribution in [2.75, 3.05) is 26.3 Å². The highest BCUT2D eigenvalue weighted by Crippen LogP contribution is 2.40. The molecule has 0 N–H and O–H groups in total. The van der Waals surface area contributed by atoms with Gasteiger partial charge in [0.1, 0.15) is 12.1 Å². The largest absolute Gasteiger partial charge is 0.460 e. The van der Waals surface area contributed by atoms with Crippen LogP contribution < -0.4 is 0 Å². The average molecular weight is 627 g/mol. The summed E-state index contributed by atoms with van der Waals surface area (Å²) in [6.45, 7) is 3.62. The predicted molar refractivity (Wildman–Crippen MR) is 131 cm³/mol. The molecular formula is C22H26N8O12S. The number of ether oxygens (including phenoxy) is 2. The lowest BCUT2D eigenvalue weighted by Crippen LogP contribution is -2.41. The summed E-state index contributed by atoms with van der Waals surface area (Å²) in [5.74, 6) is -2.18. The van der Waals surface area contributed by atoms with Gasteiger partial charge in [0.05, 0.1) is 25.3 Å². The molecule has 4 bridgehead atoms. The van der Waals surface area contributed by atoms with Gasteiger partial charge in [-0.2, -0.15) is 28.5 Å². The van der Waals surface area contributed by atoms with Crippen molar-refractivity contribution in [3.05, 3.63) is 23.4 Å². The molecule has 4 aliphatic rings. The Morgan fingerprint density at radius 1 is 0.767 bits per heavy atom. The summed E-state index contributed by atoms with van der Waals surface area (Å²) in [5.41, 5.74) is 0. The Balaban J connectivity index is 1.10. The third-order valence-electron chi connectivity index (χ3n) is 7.36. The SMILES string of the molecule is CCOC(=O)c1noc([C@@H]2CC[C@@H]3CN2C(=O)N3OS(=O)(=O)ON2C(=O)N3C[C@H]2CC[C@H]3c2nc(C(=O)OCC)no2)n1. The Kier molecular flexibility index (Phi) is 7.38. The number of carbonyl (C=O) groups excluding carboxylic acids is 4. The minimum absolute atomic E-state index is 0.00928. The van der Waals surface area contributed by atoms with Gasteiger partial charge in [-0.1, -0.05) is 0 Å². The molecule has 4 aliphatic heterocycles. The molecule has 232 valence electrons. The van der Waals surface area contributed by atoms with Crippen LogP contribution in [0.3, 0.4) is 0 Å². The molecule has 4 fully saturated rings. The molecule has 4 saturated heterocycles.